The molecule has 1 unspecified atom stereocenters. The minimum atomic E-state index is -0.912. The van der Waals surface area contributed by atoms with Crippen LogP contribution in [-0.4, -0.2) is 25.4 Å². The Morgan fingerprint density at radius 1 is 0.976 bits per heavy atom. The summed E-state index contributed by atoms with van der Waals surface area (Å²) in [6, 6.07) is 25.0. The minimum Gasteiger partial charge on any atom is -0.342 e. The van der Waals surface area contributed by atoms with Crippen molar-refractivity contribution >= 4 is 54.2 Å². The van der Waals surface area contributed by atoms with E-state index >= 15 is 0 Å². The predicted molar refractivity (Wildman–Crippen MR) is 177 cm³/mol. The molecule has 8 heteroatoms. The Morgan fingerprint density at radius 2 is 1.73 bits per heavy atom. The summed E-state index contributed by atoms with van der Waals surface area (Å²) in [7, 11) is 0.517. The molecule has 1 aliphatic carbocycles. The molecule has 3 heterocycles. The Hall–Kier alpha value is -2.64. The Kier molecular flexibility index (Phi) is 8.55. The molecule has 0 aliphatic heterocycles. The first-order chi connectivity index (χ1) is 20.1. The van der Waals surface area contributed by atoms with Gasteiger partial charge < -0.3 is 14.8 Å². The molecule has 2 aromatic carbocycles. The monoisotopic (exact) mass is 617 g/mol. The van der Waals surface area contributed by atoms with Crippen LogP contribution in [0, 0.1) is 0 Å². The molecule has 0 bridgehead atoms. The van der Waals surface area contributed by atoms with Crippen molar-refractivity contribution in [3.8, 4) is 20.9 Å². The number of benzene rings is 2. The van der Waals surface area contributed by atoms with Crippen molar-refractivity contribution in [1.29, 1.82) is 0 Å². The van der Waals surface area contributed by atoms with Gasteiger partial charge in [-0.05, 0) is 79.7 Å². The number of amides is 1. The number of carbonyl (C=O) groups excluding carboxylic acids is 1. The van der Waals surface area contributed by atoms with Gasteiger partial charge in [0.05, 0.1) is 9.09 Å². The zero-order valence-corrected chi connectivity index (χ0v) is 26.7. The first-order valence-electron chi connectivity index (χ1n) is 13.8. The molecule has 0 spiro atoms. The third kappa shape index (κ3) is 5.36. The topological polar surface area (TPSA) is 47.6 Å². The standard InChI is InChI=1S/C33H32NO3PS3/c1-4-36-33(37-5-2,27-12-9-19-38-27)23-14-16-24(17-15-23)34-31(35)30-25-18-13-22-20-26(21-10-7-6-8-11-21)40-29(22)28(25)32(39-3)41-30/h6-12,14-17,19-20,38H,4-5,13,18H2,1-3H3,(H,34,35). The molecule has 5 aromatic rings. The zero-order chi connectivity index (χ0) is 28.4. The van der Waals surface area contributed by atoms with Crippen molar-refractivity contribution in [2.75, 3.05) is 24.8 Å². The second-order valence-electron chi connectivity index (χ2n) is 9.71. The summed E-state index contributed by atoms with van der Waals surface area (Å²) in [6.45, 7) is 5.03. The van der Waals surface area contributed by atoms with Crippen LogP contribution < -0.4 is 5.32 Å². The number of thiophene rings is 2. The lowest BCUT2D eigenvalue weighted by Crippen LogP contribution is -2.33. The van der Waals surface area contributed by atoms with Gasteiger partial charge in [0.1, 0.15) is 0 Å². The Morgan fingerprint density at radius 3 is 2.39 bits per heavy atom. The summed E-state index contributed by atoms with van der Waals surface area (Å²) in [5.41, 5.74) is 6.75. The lowest BCUT2D eigenvalue weighted by Gasteiger charge is -2.33. The molecule has 6 rings (SSSR count). The van der Waals surface area contributed by atoms with Crippen molar-refractivity contribution in [2.24, 2.45) is 0 Å². The van der Waals surface area contributed by atoms with Crippen molar-refractivity contribution in [1.82, 2.24) is 0 Å². The fourth-order valence-electron chi connectivity index (χ4n) is 5.49. The van der Waals surface area contributed by atoms with E-state index in [4.69, 9.17) is 9.47 Å². The van der Waals surface area contributed by atoms with E-state index in [1.54, 1.807) is 23.1 Å². The number of hydrogen-bond acceptors (Lipinski definition) is 6. The molecule has 0 saturated carbocycles. The van der Waals surface area contributed by atoms with Crippen molar-refractivity contribution in [2.45, 2.75) is 36.7 Å². The number of hydrogen-bond donors (Lipinski definition) is 1. The van der Waals surface area contributed by atoms with Gasteiger partial charge in [-0.3, -0.25) is 4.79 Å². The maximum absolute atomic E-state index is 13.7. The Bertz CT molecular complexity index is 1630. The number of rotatable bonds is 10. The smallest absolute Gasteiger partial charge is 0.266 e. The van der Waals surface area contributed by atoms with Crippen molar-refractivity contribution in [3.05, 3.63) is 105 Å². The first-order valence-corrected chi connectivity index (χ1v) is 17.7. The highest BCUT2D eigenvalue weighted by Gasteiger charge is 2.36. The summed E-state index contributed by atoms with van der Waals surface area (Å²) in [4.78, 5) is 17.1. The van der Waals surface area contributed by atoms with E-state index in [-0.39, 0.29) is 5.91 Å². The van der Waals surface area contributed by atoms with Gasteiger partial charge in [-0.2, -0.15) is 0 Å². The highest BCUT2D eigenvalue weighted by atomic mass is 32.2. The lowest BCUT2D eigenvalue weighted by molar-refractivity contribution is -0.210. The van der Waals surface area contributed by atoms with E-state index in [9.17, 15) is 4.79 Å². The van der Waals surface area contributed by atoms with Gasteiger partial charge in [0.15, 0.2) is 0 Å². The van der Waals surface area contributed by atoms with Crippen LogP contribution in [0.3, 0.4) is 0 Å². The van der Waals surface area contributed by atoms with Crippen LogP contribution in [0.2, 0.25) is 0 Å². The molecule has 1 aliphatic rings. The molecule has 1 amide bonds. The first kappa shape index (κ1) is 28.5. The summed E-state index contributed by atoms with van der Waals surface area (Å²) in [5.74, 6) is 1.18. The van der Waals surface area contributed by atoms with Gasteiger partial charge in [0.2, 0.25) is 5.79 Å². The molecule has 41 heavy (non-hydrogen) atoms. The van der Waals surface area contributed by atoms with Crippen molar-refractivity contribution in [3.63, 3.8) is 0 Å². The second-order valence-corrected chi connectivity index (χ2v) is 14.0. The third-order valence-electron chi connectivity index (χ3n) is 7.28. The van der Waals surface area contributed by atoms with E-state index in [0.29, 0.717) is 21.4 Å². The van der Waals surface area contributed by atoms with Gasteiger partial charge in [-0.15, -0.1) is 42.6 Å². The maximum atomic E-state index is 13.7. The van der Waals surface area contributed by atoms with Gasteiger partial charge in [0.25, 0.3) is 5.91 Å². The van der Waals surface area contributed by atoms with Crippen LogP contribution >= 0.6 is 42.6 Å². The molecular formula is C33H32NO3PS3. The second kappa shape index (κ2) is 12.3. The van der Waals surface area contributed by atoms with Crippen LogP contribution in [0.15, 0.2) is 82.8 Å². The number of fused-ring (bicyclic) bond motifs is 3. The van der Waals surface area contributed by atoms with Crippen molar-refractivity contribution < 1.29 is 14.3 Å². The van der Waals surface area contributed by atoms with Crippen LogP contribution in [0.1, 0.15) is 45.5 Å². The molecule has 0 saturated heterocycles. The summed E-state index contributed by atoms with van der Waals surface area (Å²) < 4.78 is 13.7. The van der Waals surface area contributed by atoms with Gasteiger partial charge >= 0.3 is 0 Å². The highest BCUT2D eigenvalue weighted by Crippen LogP contribution is 2.51. The normalized spacial score (nSPS) is 12.9. The molecule has 0 radical (unpaired) electrons. The lowest BCUT2D eigenvalue weighted by atomic mass is 9.92. The molecule has 4 nitrogen and oxygen atoms in total. The predicted octanol–water partition coefficient (Wildman–Crippen LogP) is 9.52. The highest BCUT2D eigenvalue weighted by molar-refractivity contribution is 8.00. The van der Waals surface area contributed by atoms with E-state index in [2.05, 4.69) is 65.9 Å². The molecule has 1 N–H and O–H groups in total. The van der Waals surface area contributed by atoms with E-state index in [1.807, 2.05) is 49.4 Å². The maximum Gasteiger partial charge on any atom is 0.266 e. The van der Waals surface area contributed by atoms with Gasteiger partial charge in [-0.25, -0.2) is 0 Å². The number of aryl methyl sites for hydroxylation is 1. The van der Waals surface area contributed by atoms with Crippen LogP contribution in [0.5, 0.6) is 0 Å². The average Bonchev–Trinajstić information content (AvgIpc) is 3.76. The Labute approximate surface area is 255 Å². The number of ether oxygens (including phenoxy) is 2. The molecule has 210 valence electrons. The van der Waals surface area contributed by atoms with Crippen LogP contribution in [-0.2, 0) is 28.1 Å². The van der Waals surface area contributed by atoms with E-state index in [1.165, 1.54) is 36.2 Å². The van der Waals surface area contributed by atoms with Crippen LogP contribution in [0.25, 0.3) is 20.9 Å². The average molecular weight is 618 g/mol. The Balaban J connectivity index is 1.28. The van der Waals surface area contributed by atoms with E-state index < -0.39 is 5.79 Å². The largest absolute Gasteiger partial charge is 0.342 e. The van der Waals surface area contributed by atoms with Gasteiger partial charge in [0, 0.05) is 45.1 Å². The number of nitrogens with one attached hydrogen (secondary N) is 1. The van der Waals surface area contributed by atoms with E-state index in [0.717, 1.165) is 34.3 Å². The number of carbonyl (C=O) groups is 1. The SMILES string of the molecule is CCOC(OCC)(c1ccc(NC(=O)c2sc(SC)c3c2CCc2cc(-c4ccccc4)sc2-3)cc1)c1ccc[pH]1. The fraction of sp³-hybridized carbons (Fsp3) is 0.242. The molecule has 1 atom stereocenters. The van der Waals surface area contributed by atoms with Gasteiger partial charge in [-0.1, -0.05) is 48.5 Å². The quantitative estimate of drug-likeness (QED) is 0.125. The molecule has 3 aromatic heterocycles. The third-order valence-corrected chi connectivity index (χ3v) is 12.0. The zero-order valence-electron chi connectivity index (χ0n) is 23.3. The number of anilines is 1. The minimum absolute atomic E-state index is 0.0485. The summed E-state index contributed by atoms with van der Waals surface area (Å²) >= 11 is 5.18. The fourth-order valence-corrected chi connectivity index (χ4v) is 9.95. The summed E-state index contributed by atoms with van der Waals surface area (Å²) in [5, 5.41) is 4.28. The number of thioether (sulfide) groups is 1. The molecular weight excluding hydrogens is 586 g/mol. The summed E-state index contributed by atoms with van der Waals surface area (Å²) in [6.07, 6.45) is 3.93. The molecule has 0 fully saturated rings. The van der Waals surface area contributed by atoms with Crippen LogP contribution in [0.4, 0.5) is 5.69 Å².